The van der Waals surface area contributed by atoms with Gasteiger partial charge in [0.2, 0.25) is 0 Å². The van der Waals surface area contributed by atoms with Crippen molar-refractivity contribution >= 4 is 11.7 Å². The zero-order valence-corrected chi connectivity index (χ0v) is 17.1. The van der Waals surface area contributed by atoms with Crippen molar-refractivity contribution in [3.63, 3.8) is 0 Å². The molecule has 1 atom stereocenters. The molecule has 5 heteroatoms. The Hall–Kier alpha value is -3.21. The molecular weight excluding hydrogens is 382 g/mol. The van der Waals surface area contributed by atoms with Gasteiger partial charge in [-0.05, 0) is 61.1 Å². The van der Waals surface area contributed by atoms with Crippen LogP contribution in [0.5, 0.6) is 0 Å². The number of rotatable bonds is 4. The van der Waals surface area contributed by atoms with E-state index in [0.29, 0.717) is 19.4 Å². The molecule has 4 rings (SSSR count). The molecule has 3 aromatic rings. The predicted octanol–water partition coefficient (Wildman–Crippen LogP) is 5.47. The van der Waals surface area contributed by atoms with E-state index in [1.807, 2.05) is 37.3 Å². The second kappa shape index (κ2) is 8.27. The summed E-state index contributed by atoms with van der Waals surface area (Å²) in [6, 6.07) is 16.5. The minimum atomic E-state index is -0.742. The van der Waals surface area contributed by atoms with Crippen molar-refractivity contribution in [2.75, 3.05) is 4.90 Å². The number of anilines is 1. The van der Waals surface area contributed by atoms with Gasteiger partial charge in [-0.15, -0.1) is 0 Å². The number of nitrogens with zero attached hydrogens (tertiary/aromatic N) is 1. The Morgan fingerprint density at radius 2 is 1.80 bits per heavy atom. The number of urea groups is 1. The molecule has 0 bridgehead atoms. The van der Waals surface area contributed by atoms with Crippen LogP contribution in [0.3, 0.4) is 0 Å². The highest BCUT2D eigenvalue weighted by molar-refractivity contribution is 5.93. The smallest absolute Gasteiger partial charge is 0.322 e. The number of carbonyl (C=O) groups excluding carboxylic acids is 1. The Labute approximate surface area is 175 Å². The number of aryl methyl sites for hydroxylation is 2. The van der Waals surface area contributed by atoms with Gasteiger partial charge in [0.15, 0.2) is 0 Å². The molecule has 1 N–H and O–H groups in total. The number of hydrogen-bond donors (Lipinski definition) is 1. The van der Waals surface area contributed by atoms with E-state index in [1.54, 1.807) is 0 Å². The van der Waals surface area contributed by atoms with Crippen LogP contribution in [0.1, 0.15) is 27.8 Å². The highest BCUT2D eigenvalue weighted by Gasteiger charge is 2.33. The van der Waals surface area contributed by atoms with E-state index in [2.05, 4.69) is 24.4 Å². The molecule has 0 saturated carbocycles. The third-order valence-corrected chi connectivity index (χ3v) is 5.64. The van der Waals surface area contributed by atoms with Crippen LogP contribution in [-0.2, 0) is 19.4 Å². The molecule has 0 fully saturated rings. The van der Waals surface area contributed by atoms with Crippen molar-refractivity contribution in [2.24, 2.45) is 0 Å². The first-order valence-corrected chi connectivity index (χ1v) is 10.1. The van der Waals surface area contributed by atoms with Crippen molar-refractivity contribution in [2.45, 2.75) is 39.3 Å². The molecule has 0 aliphatic heterocycles. The van der Waals surface area contributed by atoms with Crippen LogP contribution in [-0.4, -0.2) is 12.1 Å². The molecule has 30 heavy (non-hydrogen) atoms. The third kappa shape index (κ3) is 4.06. The van der Waals surface area contributed by atoms with E-state index < -0.39 is 17.7 Å². The maximum Gasteiger partial charge on any atom is 0.322 e. The Morgan fingerprint density at radius 1 is 1.03 bits per heavy atom. The first kappa shape index (κ1) is 20.1. The zero-order valence-electron chi connectivity index (χ0n) is 17.1. The van der Waals surface area contributed by atoms with E-state index in [0.717, 1.165) is 11.6 Å². The van der Waals surface area contributed by atoms with E-state index in [-0.39, 0.29) is 11.7 Å². The number of halogens is 2. The van der Waals surface area contributed by atoms with E-state index in [4.69, 9.17) is 0 Å². The van der Waals surface area contributed by atoms with Crippen molar-refractivity contribution in [1.29, 1.82) is 0 Å². The van der Waals surface area contributed by atoms with Crippen LogP contribution < -0.4 is 10.2 Å². The van der Waals surface area contributed by atoms with E-state index in [1.165, 1.54) is 39.3 Å². The molecule has 0 spiro atoms. The standard InChI is InChI=1S/C25H24F2N2O/c1-16-10-17(2)22-14-21(12-19(22)11-16)29(24-9-8-20(26)13-23(24)27)25(30)28-15-18-6-4-3-5-7-18/h3-11,13,21H,12,14-15H2,1-2H3,(H,28,30). The average Bonchev–Trinajstić information content (AvgIpc) is 3.13. The minimum Gasteiger partial charge on any atom is -0.334 e. The highest BCUT2D eigenvalue weighted by Crippen LogP contribution is 2.33. The molecular formula is C25H24F2N2O. The summed E-state index contributed by atoms with van der Waals surface area (Å²) >= 11 is 0. The van der Waals surface area contributed by atoms with Gasteiger partial charge in [0.25, 0.3) is 0 Å². The molecule has 0 heterocycles. The van der Waals surface area contributed by atoms with Crippen LogP contribution in [0.4, 0.5) is 19.3 Å². The van der Waals surface area contributed by atoms with Gasteiger partial charge in [-0.1, -0.05) is 48.0 Å². The highest BCUT2D eigenvalue weighted by atomic mass is 19.1. The average molecular weight is 406 g/mol. The molecule has 3 nitrogen and oxygen atoms in total. The molecule has 2 amide bonds. The van der Waals surface area contributed by atoms with Gasteiger partial charge in [-0.3, -0.25) is 4.90 Å². The number of fused-ring (bicyclic) bond motifs is 1. The number of nitrogens with one attached hydrogen (secondary N) is 1. The summed E-state index contributed by atoms with van der Waals surface area (Å²) in [4.78, 5) is 14.6. The number of amides is 2. The maximum atomic E-state index is 14.7. The Bertz CT molecular complexity index is 1080. The van der Waals surface area contributed by atoms with Gasteiger partial charge < -0.3 is 5.32 Å². The lowest BCUT2D eigenvalue weighted by molar-refractivity contribution is 0.243. The largest absolute Gasteiger partial charge is 0.334 e. The second-order valence-electron chi connectivity index (χ2n) is 7.89. The Morgan fingerprint density at radius 3 is 2.53 bits per heavy atom. The van der Waals surface area contributed by atoms with Crippen molar-refractivity contribution in [3.8, 4) is 0 Å². The summed E-state index contributed by atoms with van der Waals surface area (Å²) in [5.74, 6) is -1.41. The third-order valence-electron chi connectivity index (χ3n) is 5.64. The van der Waals surface area contributed by atoms with Crippen molar-refractivity contribution in [1.82, 2.24) is 5.32 Å². The van der Waals surface area contributed by atoms with Crippen molar-refractivity contribution < 1.29 is 13.6 Å². The summed E-state index contributed by atoms with van der Waals surface area (Å²) in [5.41, 5.74) is 5.77. The second-order valence-corrected chi connectivity index (χ2v) is 7.89. The number of benzene rings is 3. The molecule has 1 unspecified atom stereocenters. The molecule has 0 radical (unpaired) electrons. The first-order chi connectivity index (χ1) is 14.4. The fourth-order valence-corrected chi connectivity index (χ4v) is 4.31. The van der Waals surface area contributed by atoms with Crippen LogP contribution in [0.2, 0.25) is 0 Å². The SMILES string of the molecule is Cc1cc(C)c2c(c1)CC(N(C(=O)NCc1ccccc1)c1ccc(F)cc1F)C2. The number of hydrogen-bond acceptors (Lipinski definition) is 1. The monoisotopic (exact) mass is 406 g/mol. The summed E-state index contributed by atoms with van der Waals surface area (Å²) in [6.07, 6.45) is 1.27. The normalized spacial score (nSPS) is 15.0. The van der Waals surface area contributed by atoms with E-state index >= 15 is 0 Å². The summed E-state index contributed by atoms with van der Waals surface area (Å²) in [5, 5.41) is 2.90. The summed E-state index contributed by atoms with van der Waals surface area (Å²) in [6.45, 7) is 4.44. The van der Waals surface area contributed by atoms with Crippen LogP contribution in [0.15, 0.2) is 60.7 Å². The van der Waals surface area contributed by atoms with Gasteiger partial charge in [0.1, 0.15) is 11.6 Å². The fraction of sp³-hybridized carbons (Fsp3) is 0.240. The lowest BCUT2D eigenvalue weighted by atomic mass is 10.0. The molecule has 0 saturated heterocycles. The number of carbonyl (C=O) groups is 1. The first-order valence-electron chi connectivity index (χ1n) is 10.1. The molecule has 154 valence electrons. The van der Waals surface area contributed by atoms with Gasteiger partial charge in [0, 0.05) is 18.7 Å². The van der Waals surface area contributed by atoms with Gasteiger partial charge >= 0.3 is 6.03 Å². The topological polar surface area (TPSA) is 32.3 Å². The Balaban J connectivity index is 1.64. The van der Waals surface area contributed by atoms with Gasteiger partial charge in [0.05, 0.1) is 5.69 Å². The summed E-state index contributed by atoms with van der Waals surface area (Å²) in [7, 11) is 0. The van der Waals surface area contributed by atoms with Crippen molar-refractivity contribution in [3.05, 3.63) is 100 Å². The van der Waals surface area contributed by atoms with E-state index in [9.17, 15) is 13.6 Å². The molecule has 1 aliphatic carbocycles. The molecule has 0 aromatic heterocycles. The zero-order chi connectivity index (χ0) is 21.3. The van der Waals surface area contributed by atoms with Crippen LogP contribution in [0, 0.1) is 25.5 Å². The lowest BCUT2D eigenvalue weighted by Crippen LogP contribution is -2.47. The molecule has 3 aromatic carbocycles. The van der Waals surface area contributed by atoms with Gasteiger partial charge in [-0.25, -0.2) is 13.6 Å². The van der Waals surface area contributed by atoms with Gasteiger partial charge in [-0.2, -0.15) is 0 Å². The Kier molecular flexibility index (Phi) is 5.53. The predicted molar refractivity (Wildman–Crippen MR) is 115 cm³/mol. The van der Waals surface area contributed by atoms with Crippen LogP contribution in [0.25, 0.3) is 0 Å². The van der Waals surface area contributed by atoms with Crippen LogP contribution >= 0.6 is 0 Å². The minimum absolute atomic E-state index is 0.0918. The lowest BCUT2D eigenvalue weighted by Gasteiger charge is -2.29. The summed E-state index contributed by atoms with van der Waals surface area (Å²) < 4.78 is 28.2. The quantitative estimate of drug-likeness (QED) is 0.613. The fourth-order valence-electron chi connectivity index (χ4n) is 4.31. The molecule has 1 aliphatic rings. The maximum absolute atomic E-state index is 14.7.